The van der Waals surface area contributed by atoms with Crippen LogP contribution in [-0.2, 0) is 6.42 Å². The smallest absolute Gasteiger partial charge is 0.128 e. The Morgan fingerprint density at radius 2 is 1.95 bits per heavy atom. The molecule has 0 fully saturated rings. The quantitative estimate of drug-likeness (QED) is 0.633. The lowest BCUT2D eigenvalue weighted by Crippen LogP contribution is -2.29. The summed E-state index contributed by atoms with van der Waals surface area (Å²) >= 11 is 5.92. The highest BCUT2D eigenvalue weighted by Crippen LogP contribution is 2.25. The van der Waals surface area contributed by atoms with Crippen LogP contribution < -0.4 is 16.0 Å². The molecule has 3 nitrogen and oxygen atoms in total. The molecule has 0 heterocycles. The van der Waals surface area contributed by atoms with Crippen LogP contribution in [0.2, 0.25) is 5.02 Å². The van der Waals surface area contributed by atoms with Crippen LogP contribution in [0, 0.1) is 5.82 Å². The molecule has 2 aromatic carbocycles. The summed E-state index contributed by atoms with van der Waals surface area (Å²) in [5.41, 5.74) is 4.28. The van der Waals surface area contributed by atoms with Crippen molar-refractivity contribution in [2.24, 2.45) is 5.84 Å². The number of halogens is 2. The van der Waals surface area contributed by atoms with Crippen LogP contribution in [0.15, 0.2) is 42.5 Å². The number of ether oxygens (including phenoxy) is 1. The van der Waals surface area contributed by atoms with E-state index in [0.29, 0.717) is 17.0 Å². The maximum Gasteiger partial charge on any atom is 0.128 e. The molecule has 0 bridgehead atoms. The summed E-state index contributed by atoms with van der Waals surface area (Å²) in [7, 11) is 1.63. The summed E-state index contributed by atoms with van der Waals surface area (Å²) in [4.78, 5) is 0. The first-order valence-electron chi connectivity index (χ1n) is 6.68. The van der Waals surface area contributed by atoms with Crippen molar-refractivity contribution in [3.8, 4) is 5.75 Å². The van der Waals surface area contributed by atoms with Gasteiger partial charge in [-0.3, -0.25) is 11.3 Å². The molecule has 0 aliphatic carbocycles. The second-order valence-corrected chi connectivity index (χ2v) is 5.21. The van der Waals surface area contributed by atoms with E-state index in [0.717, 1.165) is 17.7 Å². The van der Waals surface area contributed by atoms with Crippen LogP contribution in [0.25, 0.3) is 0 Å². The van der Waals surface area contributed by atoms with Gasteiger partial charge in [0.25, 0.3) is 0 Å². The molecular formula is C16H18ClFN2O. The summed E-state index contributed by atoms with van der Waals surface area (Å²) < 4.78 is 19.0. The van der Waals surface area contributed by atoms with Crippen LogP contribution in [0.4, 0.5) is 4.39 Å². The molecule has 112 valence electrons. The molecule has 0 amide bonds. The average molecular weight is 309 g/mol. The number of benzene rings is 2. The Bertz CT molecular complexity index is 589. The van der Waals surface area contributed by atoms with Gasteiger partial charge in [0.05, 0.1) is 7.11 Å². The number of hydrogen-bond acceptors (Lipinski definition) is 3. The van der Waals surface area contributed by atoms with Crippen molar-refractivity contribution in [1.29, 1.82) is 0 Å². The Morgan fingerprint density at radius 1 is 1.24 bits per heavy atom. The summed E-state index contributed by atoms with van der Waals surface area (Å²) in [6, 6.07) is 12.0. The molecule has 21 heavy (non-hydrogen) atoms. The molecule has 0 spiro atoms. The highest BCUT2D eigenvalue weighted by molar-refractivity contribution is 6.30. The fourth-order valence-electron chi connectivity index (χ4n) is 2.21. The van der Waals surface area contributed by atoms with E-state index in [1.54, 1.807) is 13.2 Å². The van der Waals surface area contributed by atoms with Crippen molar-refractivity contribution < 1.29 is 9.13 Å². The second kappa shape index (κ2) is 7.41. The molecule has 0 aromatic heterocycles. The van der Waals surface area contributed by atoms with Gasteiger partial charge in [-0.1, -0.05) is 23.7 Å². The van der Waals surface area contributed by atoms with Gasteiger partial charge in [-0.15, -0.1) is 0 Å². The standard InChI is InChI=1S/C16H18ClFN2O/c1-21-13-6-2-11(3-7-13)4-9-16(20-19)14-10-12(17)5-8-15(14)18/h2-3,5-8,10,16,20H,4,9,19H2,1H3. The molecule has 0 radical (unpaired) electrons. The minimum absolute atomic E-state index is 0.286. The zero-order chi connectivity index (χ0) is 15.2. The predicted molar refractivity (Wildman–Crippen MR) is 82.8 cm³/mol. The highest BCUT2D eigenvalue weighted by atomic mass is 35.5. The molecule has 2 aromatic rings. The third kappa shape index (κ3) is 4.17. The number of hydrogen-bond donors (Lipinski definition) is 2. The van der Waals surface area contributed by atoms with Crippen LogP contribution >= 0.6 is 11.6 Å². The Hall–Kier alpha value is -1.62. The molecule has 0 aliphatic rings. The Balaban J connectivity index is 2.06. The zero-order valence-corrected chi connectivity index (χ0v) is 12.5. The van der Waals surface area contributed by atoms with Gasteiger partial charge < -0.3 is 4.74 Å². The first kappa shape index (κ1) is 15.8. The van der Waals surface area contributed by atoms with E-state index < -0.39 is 0 Å². The lowest BCUT2D eigenvalue weighted by atomic mass is 9.99. The normalized spacial score (nSPS) is 12.2. The number of hydrazine groups is 1. The Labute approximate surface area is 128 Å². The summed E-state index contributed by atoms with van der Waals surface area (Å²) in [6.45, 7) is 0. The summed E-state index contributed by atoms with van der Waals surface area (Å²) in [5.74, 6) is 6.06. The number of nitrogens with two attached hydrogens (primary N) is 1. The number of aryl methyl sites for hydroxylation is 1. The molecule has 1 atom stereocenters. The van der Waals surface area contributed by atoms with E-state index >= 15 is 0 Å². The largest absolute Gasteiger partial charge is 0.497 e. The van der Waals surface area contributed by atoms with Gasteiger partial charge in [-0.25, -0.2) is 4.39 Å². The average Bonchev–Trinajstić information content (AvgIpc) is 2.51. The number of methoxy groups -OCH3 is 1. The van der Waals surface area contributed by atoms with E-state index in [2.05, 4.69) is 5.43 Å². The molecule has 0 saturated carbocycles. The van der Waals surface area contributed by atoms with Crippen molar-refractivity contribution in [2.75, 3.05) is 7.11 Å². The topological polar surface area (TPSA) is 47.3 Å². The minimum Gasteiger partial charge on any atom is -0.497 e. The van der Waals surface area contributed by atoms with Crippen molar-refractivity contribution in [3.05, 3.63) is 64.4 Å². The van der Waals surface area contributed by atoms with Crippen molar-refractivity contribution in [1.82, 2.24) is 5.43 Å². The molecule has 5 heteroatoms. The summed E-state index contributed by atoms with van der Waals surface area (Å²) in [6.07, 6.45) is 1.44. The van der Waals surface area contributed by atoms with Crippen LogP contribution in [-0.4, -0.2) is 7.11 Å². The lowest BCUT2D eigenvalue weighted by Gasteiger charge is -2.17. The van der Waals surface area contributed by atoms with Gasteiger partial charge >= 0.3 is 0 Å². The van der Waals surface area contributed by atoms with Crippen molar-refractivity contribution in [3.63, 3.8) is 0 Å². The molecule has 3 N–H and O–H groups in total. The van der Waals surface area contributed by atoms with E-state index in [-0.39, 0.29) is 11.9 Å². The molecular weight excluding hydrogens is 291 g/mol. The molecule has 2 rings (SSSR count). The van der Waals surface area contributed by atoms with Crippen molar-refractivity contribution in [2.45, 2.75) is 18.9 Å². The predicted octanol–water partition coefficient (Wildman–Crippen LogP) is 3.62. The maximum atomic E-state index is 13.9. The van der Waals surface area contributed by atoms with Gasteiger partial charge in [-0.05, 0) is 48.7 Å². The minimum atomic E-state index is -0.308. The van der Waals surface area contributed by atoms with Crippen LogP contribution in [0.1, 0.15) is 23.6 Å². The second-order valence-electron chi connectivity index (χ2n) is 4.77. The number of nitrogens with one attached hydrogen (secondary N) is 1. The third-order valence-corrected chi connectivity index (χ3v) is 3.65. The van der Waals surface area contributed by atoms with E-state index in [9.17, 15) is 4.39 Å². The van der Waals surface area contributed by atoms with Gasteiger partial charge in [0.15, 0.2) is 0 Å². The molecule has 0 saturated heterocycles. The Morgan fingerprint density at radius 3 is 2.57 bits per heavy atom. The van der Waals surface area contributed by atoms with Crippen LogP contribution in [0.5, 0.6) is 5.75 Å². The fraction of sp³-hybridized carbons (Fsp3) is 0.250. The zero-order valence-electron chi connectivity index (χ0n) is 11.8. The van der Waals surface area contributed by atoms with Gasteiger partial charge in [0.2, 0.25) is 0 Å². The lowest BCUT2D eigenvalue weighted by molar-refractivity contribution is 0.414. The summed E-state index contributed by atoms with van der Waals surface area (Å²) in [5, 5.41) is 0.496. The highest BCUT2D eigenvalue weighted by Gasteiger charge is 2.15. The van der Waals surface area contributed by atoms with E-state index in [1.165, 1.54) is 12.1 Å². The third-order valence-electron chi connectivity index (χ3n) is 3.42. The van der Waals surface area contributed by atoms with Crippen molar-refractivity contribution >= 4 is 11.6 Å². The molecule has 1 unspecified atom stereocenters. The number of rotatable bonds is 6. The van der Waals surface area contributed by atoms with Gasteiger partial charge in [-0.2, -0.15) is 0 Å². The van der Waals surface area contributed by atoms with Crippen LogP contribution in [0.3, 0.4) is 0 Å². The van der Waals surface area contributed by atoms with Gasteiger partial charge in [0.1, 0.15) is 11.6 Å². The fourth-order valence-corrected chi connectivity index (χ4v) is 2.39. The SMILES string of the molecule is COc1ccc(CCC(NN)c2cc(Cl)ccc2F)cc1. The maximum absolute atomic E-state index is 13.9. The monoisotopic (exact) mass is 308 g/mol. The Kier molecular flexibility index (Phi) is 5.56. The first-order chi connectivity index (χ1) is 10.1. The molecule has 0 aliphatic heterocycles. The van der Waals surface area contributed by atoms with E-state index in [4.69, 9.17) is 22.2 Å². The van der Waals surface area contributed by atoms with E-state index in [1.807, 2.05) is 24.3 Å². The first-order valence-corrected chi connectivity index (χ1v) is 7.06. The van der Waals surface area contributed by atoms with Gasteiger partial charge in [0, 0.05) is 16.6 Å².